The van der Waals surface area contributed by atoms with Crippen LogP contribution in [0.5, 0.6) is 0 Å². The van der Waals surface area contributed by atoms with Gasteiger partial charge in [-0.05, 0) is 103 Å². The highest BCUT2D eigenvalue weighted by Gasteiger charge is 2.19. The normalized spacial score (nSPS) is 11.9. The summed E-state index contributed by atoms with van der Waals surface area (Å²) in [5, 5.41) is 12.3. The highest BCUT2D eigenvalue weighted by Crippen LogP contribution is 2.45. The van der Waals surface area contributed by atoms with Crippen LogP contribution in [0, 0.1) is 0 Å². The van der Waals surface area contributed by atoms with Gasteiger partial charge >= 0.3 is 0 Å². The van der Waals surface area contributed by atoms with Gasteiger partial charge in [0.25, 0.3) is 0 Å². The van der Waals surface area contributed by atoms with Crippen LogP contribution in [-0.4, -0.2) is 4.57 Å². The van der Waals surface area contributed by atoms with Crippen LogP contribution in [0.15, 0.2) is 205 Å². The molecule has 0 spiro atoms. The van der Waals surface area contributed by atoms with Crippen LogP contribution in [0.4, 0.5) is 0 Å². The molecule has 0 amide bonds. The topological polar surface area (TPSA) is 18.1 Å². The number of aromatic nitrogens is 1. The second kappa shape index (κ2) is 12.0. The molecule has 2 heterocycles. The van der Waals surface area contributed by atoms with Gasteiger partial charge in [0, 0.05) is 32.8 Å². The van der Waals surface area contributed by atoms with Crippen molar-refractivity contribution in [3.63, 3.8) is 0 Å². The fourth-order valence-electron chi connectivity index (χ4n) is 9.27. The van der Waals surface area contributed by atoms with Gasteiger partial charge in [-0.25, -0.2) is 0 Å². The SMILES string of the molecule is c1ccc2cc(-c3c4ccccc4c(-c4ccc(-n5c6ccccc6c6cc(-c7cccc8c7oc7ccccc78)ccc65)cc4)c4ccccc34)ccc2c1. The number of nitrogens with zero attached hydrogens (tertiary/aromatic N) is 1. The summed E-state index contributed by atoms with van der Waals surface area (Å²) in [6.07, 6.45) is 0. The van der Waals surface area contributed by atoms with E-state index in [0.717, 1.165) is 38.8 Å². The van der Waals surface area contributed by atoms with E-state index in [2.05, 4.69) is 193 Å². The summed E-state index contributed by atoms with van der Waals surface area (Å²) >= 11 is 0. The van der Waals surface area contributed by atoms with Gasteiger partial charge < -0.3 is 8.98 Å². The standard InChI is InChI=1S/C54H33NO/c1-2-13-36-32-38(25-24-34(36)12-1)53-45-18-5-3-16-43(45)52(44-17-4-6-19-46(44)53)35-26-29-39(30-27-35)55-49-22-9-7-14-41(49)48-33-37(28-31-50(48)55)40-20-11-21-47-42-15-8-10-23-51(42)56-54(40)47/h1-33H. The molecule has 0 fully saturated rings. The van der Waals surface area contributed by atoms with Crippen LogP contribution in [0.25, 0.3) is 115 Å². The maximum absolute atomic E-state index is 6.45. The molecule has 10 aromatic carbocycles. The van der Waals surface area contributed by atoms with Crippen molar-refractivity contribution in [3.8, 4) is 39.1 Å². The molecule has 12 aromatic rings. The average molecular weight is 712 g/mol. The third-order valence-corrected chi connectivity index (χ3v) is 11.8. The molecule has 56 heavy (non-hydrogen) atoms. The molecule has 0 N–H and O–H groups in total. The zero-order chi connectivity index (χ0) is 36.7. The minimum atomic E-state index is 0.915. The lowest BCUT2D eigenvalue weighted by Crippen LogP contribution is -1.95. The first-order valence-electron chi connectivity index (χ1n) is 19.3. The molecule has 0 atom stereocenters. The molecule has 2 heteroatoms. The minimum Gasteiger partial charge on any atom is -0.455 e. The van der Waals surface area contributed by atoms with Crippen molar-refractivity contribution in [2.24, 2.45) is 0 Å². The van der Waals surface area contributed by atoms with Crippen molar-refractivity contribution in [2.75, 3.05) is 0 Å². The number of furan rings is 1. The number of hydrogen-bond acceptors (Lipinski definition) is 1. The van der Waals surface area contributed by atoms with Gasteiger partial charge in [-0.3, -0.25) is 0 Å². The van der Waals surface area contributed by atoms with Crippen molar-refractivity contribution in [2.45, 2.75) is 0 Å². The Morgan fingerprint density at radius 3 is 1.62 bits per heavy atom. The molecule has 0 aliphatic heterocycles. The number of hydrogen-bond donors (Lipinski definition) is 0. The summed E-state index contributed by atoms with van der Waals surface area (Å²) in [4.78, 5) is 0. The second-order valence-corrected chi connectivity index (χ2v) is 14.8. The summed E-state index contributed by atoms with van der Waals surface area (Å²) < 4.78 is 8.85. The van der Waals surface area contributed by atoms with Crippen LogP contribution in [0.3, 0.4) is 0 Å². The highest BCUT2D eigenvalue weighted by atomic mass is 16.3. The van der Waals surface area contributed by atoms with Crippen molar-refractivity contribution >= 4 is 76.1 Å². The molecule has 0 saturated heterocycles. The summed E-state index contributed by atoms with van der Waals surface area (Å²) in [5.74, 6) is 0. The zero-order valence-electron chi connectivity index (χ0n) is 30.4. The maximum atomic E-state index is 6.45. The third-order valence-electron chi connectivity index (χ3n) is 11.8. The third kappa shape index (κ3) is 4.57. The van der Waals surface area contributed by atoms with E-state index in [-0.39, 0.29) is 0 Å². The Hall–Kier alpha value is -7.42. The molecule has 0 radical (unpaired) electrons. The van der Waals surface area contributed by atoms with E-state index >= 15 is 0 Å². The Kier molecular flexibility index (Phi) is 6.66. The largest absolute Gasteiger partial charge is 0.455 e. The fourth-order valence-corrected chi connectivity index (χ4v) is 9.27. The molecule has 12 rings (SSSR count). The van der Waals surface area contributed by atoms with E-state index in [9.17, 15) is 0 Å². The first-order chi connectivity index (χ1) is 27.8. The second-order valence-electron chi connectivity index (χ2n) is 14.8. The number of fused-ring (bicyclic) bond motifs is 9. The smallest absolute Gasteiger partial charge is 0.143 e. The fraction of sp³-hybridized carbons (Fsp3) is 0. The van der Waals surface area contributed by atoms with Gasteiger partial charge in [0.05, 0.1) is 11.0 Å². The van der Waals surface area contributed by atoms with Crippen LogP contribution < -0.4 is 0 Å². The summed E-state index contributed by atoms with van der Waals surface area (Å²) in [7, 11) is 0. The maximum Gasteiger partial charge on any atom is 0.143 e. The lowest BCUT2D eigenvalue weighted by Gasteiger charge is -2.18. The molecule has 0 aliphatic carbocycles. The van der Waals surface area contributed by atoms with E-state index in [0.29, 0.717) is 0 Å². The highest BCUT2D eigenvalue weighted by molar-refractivity contribution is 6.22. The van der Waals surface area contributed by atoms with Gasteiger partial charge in [0.1, 0.15) is 11.2 Å². The van der Waals surface area contributed by atoms with Crippen molar-refractivity contribution in [1.82, 2.24) is 4.57 Å². The van der Waals surface area contributed by atoms with Crippen molar-refractivity contribution in [3.05, 3.63) is 200 Å². The van der Waals surface area contributed by atoms with E-state index in [4.69, 9.17) is 4.42 Å². The number of para-hydroxylation sites is 3. The predicted octanol–water partition coefficient (Wildman–Crippen LogP) is 15.1. The first-order valence-corrected chi connectivity index (χ1v) is 19.3. The molecule has 0 unspecified atom stereocenters. The lowest BCUT2D eigenvalue weighted by atomic mass is 9.85. The average Bonchev–Trinajstić information content (AvgIpc) is 3.81. The Morgan fingerprint density at radius 1 is 0.321 bits per heavy atom. The van der Waals surface area contributed by atoms with Crippen molar-refractivity contribution < 1.29 is 4.42 Å². The van der Waals surface area contributed by atoms with Gasteiger partial charge in [0.15, 0.2) is 0 Å². The summed E-state index contributed by atoms with van der Waals surface area (Å²) in [6, 6.07) is 72.8. The van der Waals surface area contributed by atoms with Crippen LogP contribution in [0.2, 0.25) is 0 Å². The molecule has 0 aliphatic rings. The van der Waals surface area contributed by atoms with E-state index in [1.54, 1.807) is 0 Å². The van der Waals surface area contributed by atoms with E-state index < -0.39 is 0 Å². The first kappa shape index (κ1) is 31.0. The predicted molar refractivity (Wildman–Crippen MR) is 237 cm³/mol. The zero-order valence-corrected chi connectivity index (χ0v) is 30.4. The van der Waals surface area contributed by atoms with Gasteiger partial charge in [0.2, 0.25) is 0 Å². The monoisotopic (exact) mass is 711 g/mol. The van der Waals surface area contributed by atoms with Gasteiger partial charge in [-0.1, -0.05) is 158 Å². The molecular formula is C54H33NO. The Bertz CT molecular complexity index is 3470. The van der Waals surface area contributed by atoms with Crippen LogP contribution in [0.1, 0.15) is 0 Å². The van der Waals surface area contributed by atoms with Gasteiger partial charge in [-0.15, -0.1) is 0 Å². The van der Waals surface area contributed by atoms with Crippen LogP contribution >= 0.6 is 0 Å². The molecule has 0 saturated carbocycles. The molecule has 2 aromatic heterocycles. The molecule has 0 bridgehead atoms. The van der Waals surface area contributed by atoms with E-state index in [1.165, 1.54) is 76.4 Å². The summed E-state index contributed by atoms with van der Waals surface area (Å²) in [5.41, 5.74) is 12.6. The Balaban J connectivity index is 1.02. The Labute approximate surface area is 323 Å². The van der Waals surface area contributed by atoms with Crippen molar-refractivity contribution in [1.29, 1.82) is 0 Å². The van der Waals surface area contributed by atoms with E-state index in [1.807, 2.05) is 12.1 Å². The number of rotatable bonds is 4. The quantitative estimate of drug-likeness (QED) is 0.166. The minimum absolute atomic E-state index is 0.915. The Morgan fingerprint density at radius 2 is 0.875 bits per heavy atom. The molecular weight excluding hydrogens is 679 g/mol. The number of benzene rings is 10. The van der Waals surface area contributed by atoms with Crippen LogP contribution in [-0.2, 0) is 0 Å². The lowest BCUT2D eigenvalue weighted by molar-refractivity contribution is 0.670. The summed E-state index contributed by atoms with van der Waals surface area (Å²) in [6.45, 7) is 0. The molecule has 2 nitrogen and oxygen atoms in total. The van der Waals surface area contributed by atoms with Gasteiger partial charge in [-0.2, -0.15) is 0 Å². The molecule has 260 valence electrons.